The molecule has 3 aromatic rings. The Hall–Kier alpha value is -2.70. The van der Waals surface area contributed by atoms with Gasteiger partial charge in [0.25, 0.3) is 0 Å². The molecule has 2 aromatic carbocycles. The molecule has 0 atom stereocenters. The van der Waals surface area contributed by atoms with Crippen LogP contribution in [0.1, 0.15) is 26.4 Å². The van der Waals surface area contributed by atoms with E-state index in [1.54, 1.807) is 29.6 Å². The van der Waals surface area contributed by atoms with E-state index in [2.05, 4.69) is 10.3 Å². The van der Waals surface area contributed by atoms with Crippen LogP contribution in [0.4, 0.5) is 5.13 Å². The van der Waals surface area contributed by atoms with Gasteiger partial charge in [0.15, 0.2) is 23.2 Å². The quantitative estimate of drug-likeness (QED) is 0.480. The molecule has 0 fully saturated rings. The van der Waals surface area contributed by atoms with Crippen LogP contribution in [0.3, 0.4) is 0 Å². The zero-order chi connectivity index (χ0) is 18.4. The second-order valence-corrected chi connectivity index (χ2v) is 6.68. The highest BCUT2D eigenvalue weighted by Crippen LogP contribution is 2.17. The second kappa shape index (κ2) is 8.60. The molecule has 0 aliphatic carbocycles. The molecule has 1 aromatic heterocycles. The minimum atomic E-state index is -0.628. The molecule has 0 aliphatic heterocycles. The van der Waals surface area contributed by atoms with E-state index in [9.17, 15) is 9.59 Å². The predicted octanol–water partition coefficient (Wildman–Crippen LogP) is 4.45. The number of hydrogen-bond donors (Lipinski definition) is 1. The van der Waals surface area contributed by atoms with Crippen molar-refractivity contribution in [1.82, 2.24) is 4.98 Å². The van der Waals surface area contributed by atoms with E-state index in [4.69, 9.17) is 16.3 Å². The number of aromatic nitrogens is 1. The van der Waals surface area contributed by atoms with Crippen molar-refractivity contribution in [2.45, 2.75) is 6.54 Å². The van der Waals surface area contributed by atoms with E-state index in [-0.39, 0.29) is 18.1 Å². The lowest BCUT2D eigenvalue weighted by molar-refractivity contribution is 0.0470. The molecular formula is C19H15ClN2O3S. The third-order valence-electron chi connectivity index (χ3n) is 3.50. The van der Waals surface area contributed by atoms with Crippen molar-refractivity contribution in [2.75, 3.05) is 11.9 Å². The summed E-state index contributed by atoms with van der Waals surface area (Å²) in [6, 6.07) is 16.3. The topological polar surface area (TPSA) is 68.3 Å². The van der Waals surface area contributed by atoms with Crippen molar-refractivity contribution in [2.24, 2.45) is 0 Å². The van der Waals surface area contributed by atoms with Gasteiger partial charge < -0.3 is 10.1 Å². The number of carbonyl (C=O) groups excluding carboxylic acids is 2. The zero-order valence-corrected chi connectivity index (χ0v) is 15.2. The Morgan fingerprint density at radius 1 is 1.08 bits per heavy atom. The first-order valence-corrected chi connectivity index (χ1v) is 9.07. The zero-order valence-electron chi connectivity index (χ0n) is 13.6. The van der Waals surface area contributed by atoms with Crippen LogP contribution in [0.25, 0.3) is 0 Å². The molecule has 0 bridgehead atoms. The van der Waals surface area contributed by atoms with Gasteiger partial charge in [0.2, 0.25) is 0 Å². The summed E-state index contributed by atoms with van der Waals surface area (Å²) < 4.78 is 5.05. The van der Waals surface area contributed by atoms with Gasteiger partial charge in [0.05, 0.1) is 0 Å². The van der Waals surface area contributed by atoms with E-state index in [1.165, 1.54) is 11.3 Å². The van der Waals surface area contributed by atoms with E-state index < -0.39 is 5.97 Å². The first-order chi connectivity index (χ1) is 12.6. The average Bonchev–Trinajstić information content (AvgIpc) is 3.15. The molecule has 26 heavy (non-hydrogen) atoms. The molecule has 132 valence electrons. The maximum absolute atomic E-state index is 12.0. The lowest BCUT2D eigenvalue weighted by Crippen LogP contribution is -2.14. The molecule has 0 saturated carbocycles. The van der Waals surface area contributed by atoms with E-state index >= 15 is 0 Å². The third-order valence-corrected chi connectivity index (χ3v) is 4.55. The number of ether oxygens (including phenoxy) is 1. The lowest BCUT2D eigenvalue weighted by atomic mass is 10.1. The SMILES string of the molecule is O=C(COC(=O)c1csc(NCc2ccccc2)n1)c1ccc(Cl)cc1. The van der Waals surface area contributed by atoms with Crippen molar-refractivity contribution in [1.29, 1.82) is 0 Å². The van der Waals surface area contributed by atoms with E-state index in [0.717, 1.165) is 5.56 Å². The maximum atomic E-state index is 12.0. The van der Waals surface area contributed by atoms with Crippen molar-refractivity contribution in [3.05, 3.63) is 81.8 Å². The number of ketones is 1. The van der Waals surface area contributed by atoms with Crippen LogP contribution in [-0.2, 0) is 11.3 Å². The van der Waals surface area contributed by atoms with Crippen LogP contribution in [0.2, 0.25) is 5.02 Å². The molecular weight excluding hydrogens is 372 g/mol. The van der Waals surface area contributed by atoms with Gasteiger partial charge in [-0.2, -0.15) is 0 Å². The molecule has 1 N–H and O–H groups in total. The van der Waals surface area contributed by atoms with E-state index in [1.807, 2.05) is 30.3 Å². The first-order valence-electron chi connectivity index (χ1n) is 7.81. The van der Waals surface area contributed by atoms with Crippen molar-refractivity contribution < 1.29 is 14.3 Å². The van der Waals surface area contributed by atoms with Crippen molar-refractivity contribution in [3.8, 4) is 0 Å². The van der Waals surface area contributed by atoms with Crippen LogP contribution in [0.15, 0.2) is 60.0 Å². The number of Topliss-reactive ketones (excluding diaryl/α,β-unsaturated/α-hetero) is 1. The normalized spacial score (nSPS) is 10.3. The summed E-state index contributed by atoms with van der Waals surface area (Å²) in [6.07, 6.45) is 0. The summed E-state index contributed by atoms with van der Waals surface area (Å²) in [6.45, 7) is 0.267. The number of hydrogen-bond acceptors (Lipinski definition) is 6. The molecule has 5 nitrogen and oxygen atoms in total. The maximum Gasteiger partial charge on any atom is 0.358 e. The predicted molar refractivity (Wildman–Crippen MR) is 102 cm³/mol. The van der Waals surface area contributed by atoms with Crippen molar-refractivity contribution >= 4 is 39.8 Å². The minimum absolute atomic E-state index is 0.175. The summed E-state index contributed by atoms with van der Waals surface area (Å²) in [5.74, 6) is -0.927. The minimum Gasteiger partial charge on any atom is -0.453 e. The highest BCUT2D eigenvalue weighted by atomic mass is 35.5. The van der Waals surface area contributed by atoms with E-state index in [0.29, 0.717) is 22.3 Å². The summed E-state index contributed by atoms with van der Waals surface area (Å²) in [4.78, 5) is 28.2. The van der Waals surface area contributed by atoms with Gasteiger partial charge in [0.1, 0.15) is 0 Å². The van der Waals surface area contributed by atoms with Gasteiger partial charge in [-0.25, -0.2) is 9.78 Å². The Kier molecular flexibility index (Phi) is 5.99. The van der Waals surface area contributed by atoms with Crippen LogP contribution >= 0.6 is 22.9 Å². The molecule has 0 saturated heterocycles. The highest BCUT2D eigenvalue weighted by Gasteiger charge is 2.15. The molecule has 0 amide bonds. The first kappa shape index (κ1) is 18.1. The summed E-state index contributed by atoms with van der Waals surface area (Å²) >= 11 is 7.09. The van der Waals surface area contributed by atoms with Crippen LogP contribution in [0.5, 0.6) is 0 Å². The molecule has 0 radical (unpaired) electrons. The van der Waals surface area contributed by atoms with Gasteiger partial charge in [-0.3, -0.25) is 4.79 Å². The number of anilines is 1. The molecule has 1 heterocycles. The monoisotopic (exact) mass is 386 g/mol. The summed E-state index contributed by atoms with van der Waals surface area (Å²) in [5.41, 5.74) is 1.72. The second-order valence-electron chi connectivity index (χ2n) is 5.38. The number of carbonyl (C=O) groups is 2. The Bertz CT molecular complexity index is 895. The number of nitrogens with zero attached hydrogens (tertiary/aromatic N) is 1. The largest absolute Gasteiger partial charge is 0.453 e. The summed E-state index contributed by atoms with van der Waals surface area (Å²) in [5, 5.41) is 5.91. The smallest absolute Gasteiger partial charge is 0.358 e. The molecule has 0 spiro atoms. The van der Waals surface area contributed by atoms with Crippen molar-refractivity contribution in [3.63, 3.8) is 0 Å². The lowest BCUT2D eigenvalue weighted by Gasteiger charge is -2.03. The third kappa shape index (κ3) is 4.91. The van der Waals surface area contributed by atoms with Gasteiger partial charge in [-0.1, -0.05) is 41.9 Å². The fraction of sp³-hybridized carbons (Fsp3) is 0.105. The Morgan fingerprint density at radius 3 is 2.54 bits per heavy atom. The molecule has 7 heteroatoms. The van der Waals surface area contributed by atoms with Gasteiger partial charge in [-0.15, -0.1) is 11.3 Å². The number of thiazole rings is 1. The summed E-state index contributed by atoms with van der Waals surface area (Å²) in [7, 11) is 0. The highest BCUT2D eigenvalue weighted by molar-refractivity contribution is 7.13. The van der Waals surface area contributed by atoms with Crippen LogP contribution in [-0.4, -0.2) is 23.3 Å². The Labute approximate surface area is 159 Å². The molecule has 0 aliphatic rings. The van der Waals surface area contributed by atoms with Gasteiger partial charge in [-0.05, 0) is 29.8 Å². The number of rotatable bonds is 7. The molecule has 3 rings (SSSR count). The Balaban J connectivity index is 1.51. The van der Waals surface area contributed by atoms with Gasteiger partial charge >= 0.3 is 5.97 Å². The van der Waals surface area contributed by atoms with Crippen LogP contribution < -0.4 is 5.32 Å². The average molecular weight is 387 g/mol. The van der Waals surface area contributed by atoms with Gasteiger partial charge in [0, 0.05) is 22.5 Å². The number of esters is 1. The number of benzene rings is 2. The van der Waals surface area contributed by atoms with Crippen LogP contribution in [0, 0.1) is 0 Å². The number of halogens is 1. The fourth-order valence-electron chi connectivity index (χ4n) is 2.15. The fourth-order valence-corrected chi connectivity index (χ4v) is 2.95. The standard InChI is InChI=1S/C19H15ClN2O3S/c20-15-8-6-14(7-9-15)17(23)11-25-18(24)16-12-26-19(22-16)21-10-13-4-2-1-3-5-13/h1-9,12H,10-11H2,(H,21,22). The molecule has 0 unspecified atom stereocenters. The number of nitrogens with one attached hydrogen (secondary N) is 1. The Morgan fingerprint density at radius 2 is 1.81 bits per heavy atom.